The summed E-state index contributed by atoms with van der Waals surface area (Å²) in [7, 11) is 0. The van der Waals surface area contributed by atoms with Crippen LogP contribution in [0.1, 0.15) is 77.0 Å². The number of carboxylic acid groups (broad SMARTS) is 2. The Labute approximate surface area is 454 Å². The molecule has 2 fully saturated rings. The van der Waals surface area contributed by atoms with Crippen LogP contribution in [-0.4, -0.2) is 181 Å². The number of rotatable bonds is 29. The summed E-state index contributed by atoms with van der Waals surface area (Å²) < 4.78 is 18.1. The van der Waals surface area contributed by atoms with E-state index in [-0.39, 0.29) is 44.9 Å². The molecule has 0 saturated carbocycles. The van der Waals surface area contributed by atoms with Crippen molar-refractivity contribution in [1.82, 2.24) is 41.5 Å². The molecule has 0 radical (unpaired) electrons. The number of nitrogens with zero attached hydrogens (tertiary/aromatic N) is 2. The number of carbonyl (C=O) groups excluding carboxylic acids is 3. The Balaban J connectivity index is 1.12. The molecule has 2 saturated heterocycles. The first-order valence-corrected chi connectivity index (χ1v) is 26.5. The van der Waals surface area contributed by atoms with Crippen molar-refractivity contribution < 1.29 is 68.8 Å². The molecule has 3 aliphatic heterocycles. The molecular weight excluding hydrogens is 1030 g/mol. The summed E-state index contributed by atoms with van der Waals surface area (Å²) in [5, 5.41) is 80.0. The zero-order valence-corrected chi connectivity index (χ0v) is 44.0. The van der Waals surface area contributed by atoms with Gasteiger partial charge in [0.15, 0.2) is 18.5 Å². The van der Waals surface area contributed by atoms with E-state index in [1.807, 2.05) is 23.2 Å². The van der Waals surface area contributed by atoms with E-state index in [4.69, 9.17) is 25.7 Å². The molecule has 0 bridgehead atoms. The Morgan fingerprint density at radius 3 is 2.11 bits per heavy atom. The molecule has 3 aliphatic rings. The van der Waals surface area contributed by atoms with Gasteiger partial charge in [0.25, 0.3) is 5.56 Å². The molecule has 79 heavy (non-hydrogen) atoms. The van der Waals surface area contributed by atoms with E-state index in [2.05, 4.69) is 73.3 Å². The van der Waals surface area contributed by atoms with Gasteiger partial charge in [-0.2, -0.15) is 0 Å². The summed E-state index contributed by atoms with van der Waals surface area (Å²) in [5.74, 6) is -4.78. The van der Waals surface area contributed by atoms with E-state index in [1.54, 1.807) is 13.8 Å². The Kier molecular flexibility index (Phi) is 22.9. The molecular formula is C52H75N11O16. The van der Waals surface area contributed by atoms with Gasteiger partial charge in [-0.25, -0.2) is 19.4 Å². The number of nitrogens with one attached hydrogen (secondary N) is 7. The van der Waals surface area contributed by atoms with E-state index in [0.29, 0.717) is 19.4 Å². The fourth-order valence-corrected chi connectivity index (χ4v) is 9.65. The molecule has 4 heterocycles. The summed E-state index contributed by atoms with van der Waals surface area (Å²) >= 11 is 0. The number of aliphatic hydroxyl groups excluding tert-OH is 4. The van der Waals surface area contributed by atoms with Crippen LogP contribution in [0.3, 0.4) is 0 Å². The largest absolute Gasteiger partial charge is 0.480 e. The first-order chi connectivity index (χ1) is 37.8. The van der Waals surface area contributed by atoms with Crippen LogP contribution in [0, 0.1) is 5.92 Å². The molecule has 434 valence electrons. The molecule has 1 unspecified atom stereocenters. The SMILES string of the molecule is CC(C)[C@H](NC(=O)N[C@H](C(=O)N[C@@H](CCCCCCCc1ccc(-c2ccccc2)cc1)C(=O)NCCCNC(C(=O)O)[C@H](O[C@@H]1O[C@H](CN)[C@@H](O)[C@H]1O)[C@H]1O[C@@H](n2ccc(=O)[nH]c2=O)[C@H](O)[C@@H]1O)[C@@H]1CCNC(N)=N1)C(=O)O. The third kappa shape index (κ3) is 16.9. The number of guanidine groups is 1. The van der Waals surface area contributed by atoms with Gasteiger partial charge in [0, 0.05) is 31.9 Å². The maximum absolute atomic E-state index is 14.2. The van der Waals surface area contributed by atoms with Gasteiger partial charge in [0.1, 0.15) is 66.9 Å². The molecule has 3 aromatic rings. The molecule has 1 aromatic heterocycles. The predicted octanol–water partition coefficient (Wildman–Crippen LogP) is -2.32. The molecule has 17 N–H and O–H groups in total. The van der Waals surface area contributed by atoms with Crippen LogP contribution in [0.25, 0.3) is 11.1 Å². The monoisotopic (exact) mass is 1110 g/mol. The number of aryl methyl sites for hydroxylation is 1. The number of aliphatic hydroxyl groups is 4. The first-order valence-electron chi connectivity index (χ1n) is 26.5. The number of ether oxygens (including phenoxy) is 3. The normalized spacial score (nSPS) is 24.8. The number of hydrogen-bond donors (Lipinski definition) is 15. The van der Waals surface area contributed by atoms with E-state index in [0.717, 1.165) is 53.6 Å². The number of carbonyl (C=O) groups is 5. The van der Waals surface area contributed by atoms with Crippen molar-refractivity contribution in [1.29, 1.82) is 0 Å². The minimum atomic E-state index is -1.94. The van der Waals surface area contributed by atoms with Gasteiger partial charge in [0.2, 0.25) is 11.8 Å². The smallest absolute Gasteiger partial charge is 0.330 e. The number of unbranched alkanes of at least 4 members (excludes halogenated alkanes) is 4. The van der Waals surface area contributed by atoms with Gasteiger partial charge in [-0.05, 0) is 61.3 Å². The van der Waals surface area contributed by atoms with Gasteiger partial charge in [-0.1, -0.05) is 94.1 Å². The van der Waals surface area contributed by atoms with Crippen LogP contribution in [0.2, 0.25) is 0 Å². The average molecular weight is 1110 g/mol. The Morgan fingerprint density at radius 1 is 0.785 bits per heavy atom. The molecule has 6 rings (SSSR count). The number of H-pyrrole nitrogens is 1. The van der Waals surface area contributed by atoms with Crippen molar-refractivity contribution in [2.75, 3.05) is 26.2 Å². The highest BCUT2D eigenvalue weighted by Crippen LogP contribution is 2.34. The quantitative estimate of drug-likeness (QED) is 0.0325. The maximum Gasteiger partial charge on any atom is 0.330 e. The molecule has 27 heteroatoms. The third-order valence-electron chi connectivity index (χ3n) is 14.1. The second-order valence-corrected chi connectivity index (χ2v) is 20.1. The van der Waals surface area contributed by atoms with E-state index in [1.165, 1.54) is 5.56 Å². The van der Waals surface area contributed by atoms with Crippen LogP contribution in [0.4, 0.5) is 4.79 Å². The number of aromatic amines is 1. The highest BCUT2D eigenvalue weighted by Gasteiger charge is 2.54. The Hall–Kier alpha value is -6.82. The van der Waals surface area contributed by atoms with Crippen molar-refractivity contribution in [3.63, 3.8) is 0 Å². The van der Waals surface area contributed by atoms with Crippen molar-refractivity contribution in [2.45, 2.75) is 157 Å². The molecule has 27 nitrogen and oxygen atoms in total. The number of hydrogen-bond acceptors (Lipinski definition) is 19. The maximum atomic E-state index is 14.2. The molecule has 4 amide bonds. The van der Waals surface area contributed by atoms with Crippen molar-refractivity contribution >= 4 is 35.7 Å². The third-order valence-corrected chi connectivity index (χ3v) is 14.1. The van der Waals surface area contributed by atoms with Crippen LogP contribution in [0.5, 0.6) is 0 Å². The molecule has 14 atom stereocenters. The van der Waals surface area contributed by atoms with Gasteiger partial charge in [-0.3, -0.25) is 28.7 Å². The lowest BCUT2D eigenvalue weighted by atomic mass is 9.98. The summed E-state index contributed by atoms with van der Waals surface area (Å²) in [4.78, 5) is 97.3. The van der Waals surface area contributed by atoms with E-state index < -0.39 is 132 Å². The van der Waals surface area contributed by atoms with E-state index >= 15 is 0 Å². The van der Waals surface area contributed by atoms with Crippen molar-refractivity contribution in [2.24, 2.45) is 22.4 Å². The number of aliphatic carboxylic acids is 2. The lowest BCUT2D eigenvalue weighted by Gasteiger charge is -2.33. The number of urea groups is 1. The fourth-order valence-electron chi connectivity index (χ4n) is 9.65. The van der Waals surface area contributed by atoms with E-state index in [9.17, 15) is 64.2 Å². The topological polar surface area (TPSA) is 426 Å². The highest BCUT2D eigenvalue weighted by atomic mass is 16.7. The predicted molar refractivity (Wildman–Crippen MR) is 284 cm³/mol. The second kappa shape index (κ2) is 29.4. The fraction of sp³-hybridized carbons (Fsp3) is 0.577. The number of aliphatic imine (C=N–C) groups is 1. The van der Waals surface area contributed by atoms with Gasteiger partial charge >= 0.3 is 23.7 Å². The highest BCUT2D eigenvalue weighted by molar-refractivity contribution is 5.93. The standard InChI is InChI=1S/C52H75N11O16/c1-27(2)35(47(71)72)61-51(75)62-36(31-20-24-57-50(54)59-31)45(70)58-32(15-10-5-3-4-7-12-28-16-18-30(19-17-28)29-13-8-6-9-14-29)44(69)56-23-11-22-55-37(48(73)74)42(79-49-41(68)38(65)33(26-53)77-49)43-39(66)40(67)46(78-43)63-25-21-34(64)60-52(63)76/h6,8-9,13-14,16-19,21,25,27,31-33,35-43,46,49,55,65-68H,3-5,7,10-12,15,20,22-24,26,53H2,1-2H3,(H,56,69)(H,58,70)(H,71,72)(H,73,74)(H3,54,57,59)(H,60,64,76)(H2,61,62,75)/t31-,32-,33+,35-,36-,37?,38+,39-,40+,41+,42-,43-,46+,49-/m0/s1. The van der Waals surface area contributed by atoms with Gasteiger partial charge in [0.05, 0.1) is 6.04 Å². The van der Waals surface area contributed by atoms with Gasteiger partial charge in [-0.15, -0.1) is 0 Å². The molecule has 0 aliphatic carbocycles. The van der Waals surface area contributed by atoms with Crippen molar-refractivity contribution in [3.05, 3.63) is 93.3 Å². The number of amides is 4. The zero-order chi connectivity index (χ0) is 57.3. The zero-order valence-electron chi connectivity index (χ0n) is 44.0. The molecule has 0 spiro atoms. The Morgan fingerprint density at radius 2 is 1.47 bits per heavy atom. The van der Waals surface area contributed by atoms with Crippen LogP contribution in [0.15, 0.2) is 81.4 Å². The summed E-state index contributed by atoms with van der Waals surface area (Å²) in [6.45, 7) is 2.96. The van der Waals surface area contributed by atoms with Crippen LogP contribution < -0.4 is 54.6 Å². The minimum Gasteiger partial charge on any atom is -0.480 e. The Bertz CT molecular complexity index is 2640. The summed E-state index contributed by atoms with van der Waals surface area (Å²) in [6.07, 6.45) is -9.09. The lowest BCUT2D eigenvalue weighted by molar-refractivity contribution is -0.228. The van der Waals surface area contributed by atoms with Crippen LogP contribution in [-0.2, 0) is 39.8 Å². The minimum absolute atomic E-state index is 0.0110. The first kappa shape index (κ1) is 61.4. The van der Waals surface area contributed by atoms with Gasteiger partial charge < -0.3 is 88.2 Å². The average Bonchev–Trinajstić information content (AvgIpc) is 3.93. The number of carboxylic acids is 2. The van der Waals surface area contributed by atoms with Crippen LogP contribution >= 0.6 is 0 Å². The lowest BCUT2D eigenvalue weighted by Crippen LogP contribution is -2.61. The summed E-state index contributed by atoms with van der Waals surface area (Å²) in [6, 6.07) is 11.9. The number of aromatic nitrogens is 2. The summed E-state index contributed by atoms with van der Waals surface area (Å²) in [5.41, 5.74) is 13.3. The number of nitrogens with two attached hydrogens (primary N) is 2. The number of benzene rings is 2. The second-order valence-electron chi connectivity index (χ2n) is 20.1. The van der Waals surface area contributed by atoms with Crippen molar-refractivity contribution in [3.8, 4) is 11.1 Å². The molecule has 2 aromatic carbocycles.